The van der Waals surface area contributed by atoms with Crippen molar-refractivity contribution >= 4 is 11.4 Å². The van der Waals surface area contributed by atoms with E-state index in [0.29, 0.717) is 6.42 Å². The summed E-state index contributed by atoms with van der Waals surface area (Å²) >= 11 is -2.25. The lowest BCUT2D eigenvalue weighted by Crippen LogP contribution is -2.14. The highest BCUT2D eigenvalue weighted by Crippen LogP contribution is 1.91. The Morgan fingerprint density at radius 2 is 2.33 bits per heavy atom. The molecule has 2 unspecified atom stereocenters. The first-order chi connectivity index (χ1) is 4.16. The van der Waals surface area contributed by atoms with Gasteiger partial charge in [0.15, 0.2) is 0 Å². The van der Waals surface area contributed by atoms with Gasteiger partial charge in [-0.1, -0.05) is 6.92 Å². The molecule has 0 rings (SSSR count). The first kappa shape index (κ1) is 9.03. The van der Waals surface area contributed by atoms with E-state index in [0.717, 1.165) is 0 Å². The Kier molecular flexibility index (Phi) is 4.88. The smallest absolute Gasteiger partial charge is 0.301 e. The van der Waals surface area contributed by atoms with E-state index in [1.54, 1.807) is 6.92 Å². The van der Waals surface area contributed by atoms with Crippen LogP contribution < -0.4 is 0 Å². The first-order valence-corrected chi connectivity index (χ1v) is 3.62. The van der Waals surface area contributed by atoms with Gasteiger partial charge in [0, 0.05) is 0 Å². The Labute approximate surface area is 56.3 Å². The second kappa shape index (κ2) is 4.87. The lowest BCUT2D eigenvalue weighted by atomic mass is 10.3. The molecule has 0 aliphatic rings. The Morgan fingerprint density at radius 3 is 2.67 bits per heavy atom. The molecule has 0 heterocycles. The largest absolute Gasteiger partial charge is 0.391 e. The van der Waals surface area contributed by atoms with Crippen molar-refractivity contribution in [2.24, 2.45) is 0 Å². The van der Waals surface area contributed by atoms with Gasteiger partial charge in [-0.15, -0.1) is 0 Å². The minimum atomic E-state index is -2.25. The van der Waals surface area contributed by atoms with Gasteiger partial charge >= 0.3 is 11.4 Å². The number of hydrogen-bond donors (Lipinski definition) is 2. The Bertz CT molecular complexity index is 94.6. The molecule has 0 radical (unpaired) electrons. The van der Waals surface area contributed by atoms with Crippen molar-refractivity contribution in [1.82, 2.24) is 0 Å². The van der Waals surface area contributed by atoms with Gasteiger partial charge in [0.05, 0.1) is 12.7 Å². The summed E-state index contributed by atoms with van der Waals surface area (Å²) in [5.41, 5.74) is 0. The van der Waals surface area contributed by atoms with E-state index in [1.807, 2.05) is 0 Å². The van der Waals surface area contributed by atoms with Crippen LogP contribution in [0.1, 0.15) is 13.3 Å². The molecule has 0 aromatic rings. The van der Waals surface area contributed by atoms with Crippen LogP contribution in [0, 0.1) is 0 Å². The summed E-state index contributed by atoms with van der Waals surface area (Å²) in [6, 6.07) is 0. The number of aliphatic hydroxyl groups is 1. The minimum absolute atomic E-state index is 0.0837. The van der Waals surface area contributed by atoms with Crippen LogP contribution in [0.15, 0.2) is 0 Å². The van der Waals surface area contributed by atoms with Gasteiger partial charge < -0.3 is 5.11 Å². The summed E-state index contributed by atoms with van der Waals surface area (Å²) in [5, 5.41) is 8.74. The molecule has 0 aliphatic heterocycles. The fraction of sp³-hybridized carbons (Fsp3) is 1.00. The van der Waals surface area contributed by atoms with Crippen LogP contribution in [-0.2, 0) is 15.5 Å². The first-order valence-electron chi connectivity index (χ1n) is 2.59. The second-order valence-electron chi connectivity index (χ2n) is 1.56. The molecule has 0 amide bonds. The van der Waals surface area contributed by atoms with Gasteiger partial charge in [0.1, 0.15) is 0 Å². The Hall–Kier alpha value is 0.0300. The zero-order valence-corrected chi connectivity index (χ0v) is 5.93. The van der Waals surface area contributed by atoms with Crippen LogP contribution in [0.4, 0.5) is 0 Å². The Morgan fingerprint density at radius 1 is 1.78 bits per heavy atom. The third kappa shape index (κ3) is 5.91. The summed E-state index contributed by atoms with van der Waals surface area (Å²) in [5.74, 6) is 0. The zero-order chi connectivity index (χ0) is 7.28. The molecule has 0 aliphatic carbocycles. The summed E-state index contributed by atoms with van der Waals surface area (Å²) in [6.07, 6.45) is -0.113. The maximum Gasteiger partial charge on any atom is 0.301 e. The van der Waals surface area contributed by atoms with Crippen molar-refractivity contribution in [3.05, 3.63) is 0 Å². The maximum absolute atomic E-state index is 9.80. The zero-order valence-electron chi connectivity index (χ0n) is 5.11. The van der Waals surface area contributed by atoms with Crippen molar-refractivity contribution in [3.8, 4) is 0 Å². The predicted molar refractivity (Wildman–Crippen MR) is 33.0 cm³/mol. The highest BCUT2D eigenvalue weighted by molar-refractivity contribution is 7.74. The fourth-order valence-corrected chi connectivity index (χ4v) is 0.528. The lowest BCUT2D eigenvalue weighted by molar-refractivity contribution is 0.106. The van der Waals surface area contributed by atoms with E-state index in [2.05, 4.69) is 4.18 Å². The molecule has 9 heavy (non-hydrogen) atoms. The van der Waals surface area contributed by atoms with Gasteiger partial charge in [-0.25, -0.2) is 0 Å². The van der Waals surface area contributed by atoms with Crippen LogP contribution in [0.2, 0.25) is 0 Å². The number of hydrogen-bond acceptors (Lipinski definition) is 3. The van der Waals surface area contributed by atoms with Gasteiger partial charge in [-0.05, 0) is 6.42 Å². The van der Waals surface area contributed by atoms with Gasteiger partial charge in [-0.3, -0.25) is 8.74 Å². The fourth-order valence-electron chi connectivity index (χ4n) is 0.255. The molecule has 5 heteroatoms. The van der Waals surface area contributed by atoms with E-state index in [4.69, 9.17) is 9.66 Å². The van der Waals surface area contributed by atoms with Crippen molar-refractivity contribution in [2.75, 3.05) is 6.61 Å². The van der Waals surface area contributed by atoms with Crippen LogP contribution >= 0.6 is 0 Å². The van der Waals surface area contributed by atoms with Crippen LogP contribution in [0.25, 0.3) is 0 Å². The molecule has 0 saturated carbocycles. The van der Waals surface area contributed by atoms with Crippen molar-refractivity contribution in [3.63, 3.8) is 0 Å². The number of rotatable bonds is 4. The SMILES string of the molecule is CCC(O)COS(=O)O. The molecule has 0 spiro atoms. The van der Waals surface area contributed by atoms with Crippen molar-refractivity contribution in [2.45, 2.75) is 19.4 Å². The highest BCUT2D eigenvalue weighted by atomic mass is 32.2. The van der Waals surface area contributed by atoms with E-state index >= 15 is 0 Å². The average molecular weight is 154 g/mol. The molecule has 56 valence electrons. The Balaban J connectivity index is 3.16. The molecule has 2 N–H and O–H groups in total. The third-order valence-electron chi connectivity index (χ3n) is 0.832. The summed E-state index contributed by atoms with van der Waals surface area (Å²) in [4.78, 5) is 0. The van der Waals surface area contributed by atoms with E-state index in [1.165, 1.54) is 0 Å². The van der Waals surface area contributed by atoms with Crippen molar-refractivity contribution in [1.29, 1.82) is 0 Å². The third-order valence-corrected chi connectivity index (χ3v) is 1.17. The van der Waals surface area contributed by atoms with Crippen LogP contribution in [0.5, 0.6) is 0 Å². The molecule has 2 atom stereocenters. The molecule has 0 saturated heterocycles. The molecule has 0 bridgehead atoms. The summed E-state index contributed by atoms with van der Waals surface area (Å²) < 4.78 is 22.0. The topological polar surface area (TPSA) is 66.8 Å². The molecule has 0 fully saturated rings. The highest BCUT2D eigenvalue weighted by Gasteiger charge is 2.01. The summed E-state index contributed by atoms with van der Waals surface area (Å²) in [7, 11) is 0. The predicted octanol–water partition coefficient (Wildman–Crippen LogP) is -0.0894. The van der Waals surface area contributed by atoms with Gasteiger partial charge in [-0.2, -0.15) is 4.21 Å². The summed E-state index contributed by atoms with van der Waals surface area (Å²) in [6.45, 7) is 1.67. The van der Waals surface area contributed by atoms with Gasteiger partial charge in [0.2, 0.25) is 0 Å². The molecule has 0 aromatic heterocycles. The van der Waals surface area contributed by atoms with Gasteiger partial charge in [0.25, 0.3) is 0 Å². The molecular formula is C4H10O4S. The van der Waals surface area contributed by atoms with E-state index < -0.39 is 17.5 Å². The average Bonchev–Trinajstić information content (AvgIpc) is 1.83. The number of aliphatic hydroxyl groups excluding tert-OH is 1. The second-order valence-corrected chi connectivity index (χ2v) is 2.23. The standard InChI is InChI=1S/C4H10O4S/c1-2-4(5)3-8-9(6)7/h4-5H,2-3H2,1H3,(H,6,7). The van der Waals surface area contributed by atoms with E-state index in [-0.39, 0.29) is 6.61 Å². The van der Waals surface area contributed by atoms with Crippen LogP contribution in [-0.4, -0.2) is 26.6 Å². The lowest BCUT2D eigenvalue weighted by Gasteiger charge is -2.03. The molecule has 0 aromatic carbocycles. The quantitative estimate of drug-likeness (QED) is 0.555. The monoisotopic (exact) mass is 154 g/mol. The van der Waals surface area contributed by atoms with Crippen molar-refractivity contribution < 1.29 is 18.1 Å². The van der Waals surface area contributed by atoms with E-state index in [9.17, 15) is 4.21 Å². The normalized spacial score (nSPS) is 17.2. The molecular weight excluding hydrogens is 144 g/mol. The minimum Gasteiger partial charge on any atom is -0.391 e. The molecule has 4 nitrogen and oxygen atoms in total. The maximum atomic E-state index is 9.80. The van der Waals surface area contributed by atoms with Crippen LogP contribution in [0.3, 0.4) is 0 Å².